The first-order chi connectivity index (χ1) is 9.67. The Labute approximate surface area is 131 Å². The molecule has 2 unspecified atom stereocenters. The summed E-state index contributed by atoms with van der Waals surface area (Å²) in [6, 6.07) is 9.16. The number of aryl methyl sites for hydroxylation is 1. The Morgan fingerprint density at radius 3 is 2.14 bits per heavy atom. The molecule has 0 saturated carbocycles. The lowest BCUT2D eigenvalue weighted by Gasteiger charge is -2.29. The largest absolute Gasteiger partial charge is 0.390 e. The molecule has 2 heteroatoms. The van der Waals surface area contributed by atoms with Gasteiger partial charge in [-0.3, -0.25) is 0 Å². The minimum atomic E-state index is -0.623. The van der Waals surface area contributed by atoms with Crippen LogP contribution in [-0.2, 0) is 0 Å². The van der Waals surface area contributed by atoms with Gasteiger partial charge in [0.25, 0.3) is 0 Å². The lowest BCUT2D eigenvalue weighted by molar-refractivity contribution is 0.0568. The van der Waals surface area contributed by atoms with Crippen LogP contribution in [0.2, 0.25) is 0 Å². The quantitative estimate of drug-likeness (QED) is 0.750. The molecule has 0 radical (unpaired) electrons. The van der Waals surface area contributed by atoms with Crippen LogP contribution in [0.15, 0.2) is 24.3 Å². The number of rotatable bonds is 8. The van der Waals surface area contributed by atoms with Crippen molar-refractivity contribution >= 4 is 0 Å². The van der Waals surface area contributed by atoms with E-state index in [1.807, 2.05) is 13.8 Å². The fraction of sp³-hybridized carbons (Fsp3) is 0.684. The fourth-order valence-electron chi connectivity index (χ4n) is 2.70. The Morgan fingerprint density at radius 2 is 1.67 bits per heavy atom. The molecule has 120 valence electrons. The SMILES string of the molecule is Cc1ccc(C(C)CC(CC(C)(C)O)NCC(C)C)cc1. The van der Waals surface area contributed by atoms with E-state index in [4.69, 9.17) is 0 Å². The maximum atomic E-state index is 10.1. The molecule has 0 amide bonds. The Bertz CT molecular complexity index is 403. The maximum Gasteiger partial charge on any atom is 0.0606 e. The highest BCUT2D eigenvalue weighted by Crippen LogP contribution is 2.24. The second-order valence-electron chi connectivity index (χ2n) is 7.56. The summed E-state index contributed by atoms with van der Waals surface area (Å²) in [7, 11) is 0. The summed E-state index contributed by atoms with van der Waals surface area (Å²) in [5.74, 6) is 1.13. The Hall–Kier alpha value is -0.860. The summed E-state index contributed by atoms with van der Waals surface area (Å²) in [4.78, 5) is 0. The van der Waals surface area contributed by atoms with Crippen LogP contribution < -0.4 is 5.32 Å². The number of hydrogen-bond acceptors (Lipinski definition) is 2. The fourth-order valence-corrected chi connectivity index (χ4v) is 2.70. The van der Waals surface area contributed by atoms with Gasteiger partial charge in [0.1, 0.15) is 0 Å². The standard InChI is InChI=1S/C19H33NO/c1-14(2)13-20-18(12-19(5,6)21)11-16(4)17-9-7-15(3)8-10-17/h7-10,14,16,18,20-21H,11-13H2,1-6H3. The maximum absolute atomic E-state index is 10.1. The average Bonchev–Trinajstić information content (AvgIpc) is 2.34. The summed E-state index contributed by atoms with van der Waals surface area (Å²) in [5.41, 5.74) is 2.06. The van der Waals surface area contributed by atoms with E-state index in [9.17, 15) is 5.11 Å². The highest BCUT2D eigenvalue weighted by Gasteiger charge is 2.22. The number of hydrogen-bond donors (Lipinski definition) is 2. The van der Waals surface area contributed by atoms with Gasteiger partial charge >= 0.3 is 0 Å². The molecule has 1 aromatic carbocycles. The van der Waals surface area contributed by atoms with Crippen molar-refractivity contribution in [3.63, 3.8) is 0 Å². The molecule has 0 aliphatic heterocycles. The van der Waals surface area contributed by atoms with Crippen LogP contribution in [0.25, 0.3) is 0 Å². The summed E-state index contributed by atoms with van der Waals surface area (Å²) in [6.45, 7) is 13.6. The van der Waals surface area contributed by atoms with Gasteiger partial charge in [0.2, 0.25) is 0 Å². The summed E-state index contributed by atoms with van der Waals surface area (Å²) >= 11 is 0. The van der Waals surface area contributed by atoms with Crippen LogP contribution in [0, 0.1) is 12.8 Å². The van der Waals surface area contributed by atoms with Gasteiger partial charge in [-0.25, -0.2) is 0 Å². The second kappa shape index (κ2) is 7.95. The van der Waals surface area contributed by atoms with Crippen molar-refractivity contribution in [1.82, 2.24) is 5.32 Å². The van der Waals surface area contributed by atoms with E-state index in [0.29, 0.717) is 17.9 Å². The van der Waals surface area contributed by atoms with Gasteiger partial charge in [-0.2, -0.15) is 0 Å². The molecule has 0 bridgehead atoms. The Kier molecular flexibility index (Phi) is 6.89. The second-order valence-corrected chi connectivity index (χ2v) is 7.56. The zero-order chi connectivity index (χ0) is 16.0. The minimum Gasteiger partial charge on any atom is -0.390 e. The van der Waals surface area contributed by atoms with Crippen LogP contribution in [0.1, 0.15) is 64.5 Å². The average molecular weight is 291 g/mol. The van der Waals surface area contributed by atoms with E-state index < -0.39 is 5.60 Å². The van der Waals surface area contributed by atoms with Crippen LogP contribution >= 0.6 is 0 Å². The number of aliphatic hydroxyl groups is 1. The van der Waals surface area contributed by atoms with Crippen molar-refractivity contribution in [2.24, 2.45) is 5.92 Å². The molecule has 2 nitrogen and oxygen atoms in total. The molecule has 0 aromatic heterocycles. The molecule has 2 atom stereocenters. The van der Waals surface area contributed by atoms with E-state index in [1.54, 1.807) is 0 Å². The van der Waals surface area contributed by atoms with Gasteiger partial charge in [-0.15, -0.1) is 0 Å². The first kappa shape index (κ1) is 18.2. The Morgan fingerprint density at radius 1 is 1.10 bits per heavy atom. The first-order valence-electron chi connectivity index (χ1n) is 8.19. The highest BCUT2D eigenvalue weighted by atomic mass is 16.3. The van der Waals surface area contributed by atoms with E-state index in [-0.39, 0.29) is 0 Å². The van der Waals surface area contributed by atoms with E-state index in [2.05, 4.69) is 57.3 Å². The summed E-state index contributed by atoms with van der Waals surface area (Å²) < 4.78 is 0. The number of nitrogens with one attached hydrogen (secondary N) is 1. The topological polar surface area (TPSA) is 32.3 Å². The molecule has 1 aromatic rings. The van der Waals surface area contributed by atoms with Crippen molar-refractivity contribution in [3.8, 4) is 0 Å². The molecule has 0 aliphatic carbocycles. The van der Waals surface area contributed by atoms with E-state index in [1.165, 1.54) is 11.1 Å². The molecule has 0 saturated heterocycles. The van der Waals surface area contributed by atoms with Crippen molar-refractivity contribution in [2.75, 3.05) is 6.54 Å². The predicted molar refractivity (Wildman–Crippen MR) is 91.8 cm³/mol. The minimum absolute atomic E-state index is 0.351. The lowest BCUT2D eigenvalue weighted by atomic mass is 9.88. The molecule has 0 spiro atoms. The summed E-state index contributed by atoms with van der Waals surface area (Å²) in [6.07, 6.45) is 1.84. The van der Waals surface area contributed by atoms with Gasteiger partial charge in [-0.05, 0) is 57.6 Å². The molecule has 2 N–H and O–H groups in total. The predicted octanol–water partition coefficient (Wildman–Crippen LogP) is 4.26. The summed E-state index contributed by atoms with van der Waals surface area (Å²) in [5, 5.41) is 13.8. The molecular formula is C19H33NO. The van der Waals surface area contributed by atoms with Crippen molar-refractivity contribution in [2.45, 2.75) is 71.9 Å². The number of benzene rings is 1. The third-order valence-corrected chi connectivity index (χ3v) is 3.85. The van der Waals surface area contributed by atoms with Crippen molar-refractivity contribution in [3.05, 3.63) is 35.4 Å². The van der Waals surface area contributed by atoms with Crippen LogP contribution in [-0.4, -0.2) is 23.3 Å². The van der Waals surface area contributed by atoms with Crippen molar-refractivity contribution < 1.29 is 5.11 Å². The molecule has 1 rings (SSSR count). The van der Waals surface area contributed by atoms with Crippen LogP contribution in [0.5, 0.6) is 0 Å². The van der Waals surface area contributed by atoms with Gasteiger partial charge in [0, 0.05) is 6.04 Å². The normalized spacial score (nSPS) is 15.2. The van der Waals surface area contributed by atoms with E-state index in [0.717, 1.165) is 19.4 Å². The third-order valence-electron chi connectivity index (χ3n) is 3.85. The van der Waals surface area contributed by atoms with Gasteiger partial charge in [-0.1, -0.05) is 50.6 Å². The molecule has 0 aliphatic rings. The Balaban J connectivity index is 2.67. The zero-order valence-electron chi connectivity index (χ0n) is 14.6. The van der Waals surface area contributed by atoms with E-state index >= 15 is 0 Å². The highest BCUT2D eigenvalue weighted by molar-refractivity contribution is 5.24. The van der Waals surface area contributed by atoms with Crippen LogP contribution in [0.3, 0.4) is 0 Å². The van der Waals surface area contributed by atoms with Gasteiger partial charge in [0.15, 0.2) is 0 Å². The van der Waals surface area contributed by atoms with Gasteiger partial charge in [0.05, 0.1) is 5.60 Å². The first-order valence-corrected chi connectivity index (χ1v) is 8.19. The van der Waals surface area contributed by atoms with Gasteiger partial charge < -0.3 is 10.4 Å². The third kappa shape index (κ3) is 7.63. The molecule has 21 heavy (non-hydrogen) atoms. The van der Waals surface area contributed by atoms with Crippen molar-refractivity contribution in [1.29, 1.82) is 0 Å². The molecule has 0 fully saturated rings. The zero-order valence-corrected chi connectivity index (χ0v) is 14.6. The monoisotopic (exact) mass is 291 g/mol. The van der Waals surface area contributed by atoms with Crippen LogP contribution in [0.4, 0.5) is 0 Å². The molecular weight excluding hydrogens is 258 g/mol. The smallest absolute Gasteiger partial charge is 0.0606 e. The lowest BCUT2D eigenvalue weighted by Crippen LogP contribution is -2.39. The molecule has 0 heterocycles.